The van der Waals surface area contributed by atoms with E-state index in [0.29, 0.717) is 18.1 Å². The third-order valence-corrected chi connectivity index (χ3v) is 5.61. The van der Waals surface area contributed by atoms with Crippen molar-refractivity contribution in [2.24, 2.45) is 0 Å². The van der Waals surface area contributed by atoms with Gasteiger partial charge in [-0.3, -0.25) is 4.79 Å². The van der Waals surface area contributed by atoms with Gasteiger partial charge in [-0.1, -0.05) is 31.4 Å². The highest BCUT2D eigenvalue weighted by atomic mass is 32.2. The summed E-state index contributed by atoms with van der Waals surface area (Å²) in [5.74, 6) is 3.05. The van der Waals surface area contributed by atoms with Gasteiger partial charge in [0.25, 0.3) is 5.91 Å². The first-order chi connectivity index (χ1) is 14.4. The number of sulfonamides is 1. The largest absolute Gasteiger partial charge is 0.493 e. The summed E-state index contributed by atoms with van der Waals surface area (Å²) < 4.78 is 37.7. The molecule has 160 valence electrons. The molecular formula is C22H26N2O5S. The fourth-order valence-corrected chi connectivity index (χ4v) is 3.56. The van der Waals surface area contributed by atoms with Crippen molar-refractivity contribution in [3.05, 3.63) is 53.6 Å². The van der Waals surface area contributed by atoms with Crippen molar-refractivity contribution >= 4 is 15.9 Å². The van der Waals surface area contributed by atoms with Crippen molar-refractivity contribution in [1.29, 1.82) is 0 Å². The van der Waals surface area contributed by atoms with E-state index in [9.17, 15) is 13.2 Å². The third kappa shape index (κ3) is 6.51. The fraction of sp³-hybridized carbons (Fsp3) is 0.318. The first-order valence-electron chi connectivity index (χ1n) is 9.52. The van der Waals surface area contributed by atoms with Crippen LogP contribution < -0.4 is 19.5 Å². The molecule has 1 amide bonds. The lowest BCUT2D eigenvalue weighted by Gasteiger charge is -2.13. The van der Waals surface area contributed by atoms with E-state index in [4.69, 9.17) is 15.9 Å². The number of carbonyl (C=O) groups excluding carboxylic acids is 1. The number of unbranched alkanes of at least 4 members (excludes halogenated alkanes) is 1. The number of nitrogens with one attached hydrogen (secondary N) is 2. The zero-order chi connectivity index (χ0) is 22.0. The lowest BCUT2D eigenvalue weighted by molar-refractivity contribution is 0.0950. The standard InChI is InChI=1S/C22H26N2O5S/c1-4-6-13-29-20-11-10-17(14-21(20)28-3)16-23-22(25)18-8-7-9-19(15-18)30(26,27)24-12-5-2/h2,7-11,14-15,24H,4,6,12-13,16H2,1,3H3,(H,23,25). The molecule has 0 bridgehead atoms. The van der Waals surface area contributed by atoms with Crippen LogP contribution in [0.15, 0.2) is 47.4 Å². The Morgan fingerprint density at radius 3 is 2.67 bits per heavy atom. The van der Waals surface area contributed by atoms with Crippen LogP contribution >= 0.6 is 0 Å². The van der Waals surface area contributed by atoms with E-state index in [0.717, 1.165) is 18.4 Å². The minimum atomic E-state index is -3.77. The molecule has 0 radical (unpaired) electrons. The maximum atomic E-state index is 12.5. The van der Waals surface area contributed by atoms with E-state index >= 15 is 0 Å². The minimum absolute atomic E-state index is 0.0272. The summed E-state index contributed by atoms with van der Waals surface area (Å²) >= 11 is 0. The number of hydrogen-bond donors (Lipinski definition) is 2. The fourth-order valence-electron chi connectivity index (χ4n) is 2.58. The number of ether oxygens (including phenoxy) is 2. The zero-order valence-electron chi connectivity index (χ0n) is 17.1. The number of hydrogen-bond acceptors (Lipinski definition) is 5. The van der Waals surface area contributed by atoms with Crippen LogP contribution in [0.2, 0.25) is 0 Å². The first-order valence-corrected chi connectivity index (χ1v) is 11.0. The second kappa shape index (κ2) is 11.2. The van der Waals surface area contributed by atoms with Crippen molar-refractivity contribution in [3.63, 3.8) is 0 Å². The van der Waals surface area contributed by atoms with Crippen LogP contribution in [0.3, 0.4) is 0 Å². The van der Waals surface area contributed by atoms with Gasteiger partial charge >= 0.3 is 0 Å². The van der Waals surface area contributed by atoms with Gasteiger partial charge in [0.1, 0.15) is 0 Å². The molecule has 0 aromatic heterocycles. The van der Waals surface area contributed by atoms with E-state index in [1.165, 1.54) is 18.2 Å². The van der Waals surface area contributed by atoms with Gasteiger partial charge in [0.05, 0.1) is 25.2 Å². The minimum Gasteiger partial charge on any atom is -0.493 e. The normalized spacial score (nSPS) is 10.8. The number of rotatable bonds is 11. The van der Waals surface area contributed by atoms with Crippen molar-refractivity contribution in [2.75, 3.05) is 20.3 Å². The smallest absolute Gasteiger partial charge is 0.251 e. The van der Waals surface area contributed by atoms with Gasteiger partial charge in [0.15, 0.2) is 11.5 Å². The lowest BCUT2D eigenvalue weighted by atomic mass is 10.1. The van der Waals surface area contributed by atoms with Crippen LogP contribution in [-0.4, -0.2) is 34.6 Å². The average Bonchev–Trinajstić information content (AvgIpc) is 2.76. The highest BCUT2D eigenvalue weighted by Crippen LogP contribution is 2.28. The topological polar surface area (TPSA) is 93.7 Å². The molecule has 0 aliphatic heterocycles. The van der Waals surface area contributed by atoms with E-state index < -0.39 is 15.9 Å². The Kier molecular flexibility index (Phi) is 8.71. The van der Waals surface area contributed by atoms with E-state index in [-0.39, 0.29) is 23.5 Å². The van der Waals surface area contributed by atoms with Crippen LogP contribution in [0, 0.1) is 12.3 Å². The van der Waals surface area contributed by atoms with E-state index in [1.807, 2.05) is 6.07 Å². The molecule has 2 aromatic rings. The van der Waals surface area contributed by atoms with Crippen molar-refractivity contribution in [1.82, 2.24) is 10.0 Å². The summed E-state index contributed by atoms with van der Waals surface area (Å²) in [6.07, 6.45) is 7.08. The highest BCUT2D eigenvalue weighted by molar-refractivity contribution is 7.89. The summed E-state index contributed by atoms with van der Waals surface area (Å²) in [5.41, 5.74) is 1.05. The number of amides is 1. The third-order valence-electron chi connectivity index (χ3n) is 4.21. The SMILES string of the molecule is C#CCNS(=O)(=O)c1cccc(C(=O)NCc2ccc(OCCCC)c(OC)c2)c1. The van der Waals surface area contributed by atoms with Gasteiger partial charge in [0, 0.05) is 12.1 Å². The maximum Gasteiger partial charge on any atom is 0.251 e. The molecule has 0 fully saturated rings. The van der Waals surface area contributed by atoms with Crippen LogP contribution in [0.5, 0.6) is 11.5 Å². The van der Waals surface area contributed by atoms with Crippen LogP contribution in [0.1, 0.15) is 35.7 Å². The number of methoxy groups -OCH3 is 1. The predicted octanol–water partition coefficient (Wildman–Crippen LogP) is 2.72. The average molecular weight is 431 g/mol. The molecule has 2 rings (SSSR count). The van der Waals surface area contributed by atoms with E-state index in [2.05, 4.69) is 22.9 Å². The summed E-state index contributed by atoms with van der Waals surface area (Å²) in [4.78, 5) is 12.5. The quantitative estimate of drug-likeness (QED) is 0.422. The molecule has 0 aliphatic rings. The molecule has 0 saturated carbocycles. The summed E-state index contributed by atoms with van der Waals surface area (Å²) in [6, 6.07) is 11.2. The second-order valence-electron chi connectivity index (χ2n) is 6.43. The Bertz CT molecular complexity index is 1010. The summed E-state index contributed by atoms with van der Waals surface area (Å²) in [6.45, 7) is 2.82. The predicted molar refractivity (Wildman–Crippen MR) is 115 cm³/mol. The maximum absolute atomic E-state index is 12.5. The molecule has 0 saturated heterocycles. The molecule has 7 nitrogen and oxygen atoms in total. The van der Waals surface area contributed by atoms with Gasteiger partial charge in [-0.2, -0.15) is 4.72 Å². The van der Waals surface area contributed by atoms with Crippen LogP contribution in [0.25, 0.3) is 0 Å². The number of benzene rings is 2. The molecule has 0 unspecified atom stereocenters. The Morgan fingerprint density at radius 1 is 1.17 bits per heavy atom. The molecular weight excluding hydrogens is 404 g/mol. The van der Waals surface area contributed by atoms with Crippen molar-refractivity contribution < 1.29 is 22.7 Å². The van der Waals surface area contributed by atoms with Crippen molar-refractivity contribution in [2.45, 2.75) is 31.2 Å². The highest BCUT2D eigenvalue weighted by Gasteiger charge is 2.15. The molecule has 30 heavy (non-hydrogen) atoms. The van der Waals surface area contributed by atoms with Crippen LogP contribution in [0.4, 0.5) is 0 Å². The Balaban J connectivity index is 2.05. The molecule has 0 atom stereocenters. The van der Waals surface area contributed by atoms with Gasteiger partial charge < -0.3 is 14.8 Å². The summed E-state index contributed by atoms with van der Waals surface area (Å²) in [5, 5.41) is 2.78. The first kappa shape index (κ1) is 23.3. The van der Waals surface area contributed by atoms with Gasteiger partial charge in [0.2, 0.25) is 10.0 Å². The molecule has 2 aromatic carbocycles. The molecule has 8 heteroatoms. The zero-order valence-corrected chi connectivity index (χ0v) is 17.9. The van der Waals surface area contributed by atoms with Gasteiger partial charge in [-0.15, -0.1) is 6.42 Å². The van der Waals surface area contributed by atoms with E-state index in [1.54, 1.807) is 25.3 Å². The summed E-state index contributed by atoms with van der Waals surface area (Å²) in [7, 11) is -2.21. The Hall–Kier alpha value is -3.02. The van der Waals surface area contributed by atoms with Gasteiger partial charge in [-0.05, 0) is 42.3 Å². The lowest BCUT2D eigenvalue weighted by Crippen LogP contribution is -2.25. The molecule has 0 aliphatic carbocycles. The Labute approximate surface area is 177 Å². The van der Waals surface area contributed by atoms with Crippen LogP contribution in [-0.2, 0) is 16.6 Å². The number of terminal acetylenes is 1. The van der Waals surface area contributed by atoms with Crippen molar-refractivity contribution in [3.8, 4) is 23.8 Å². The molecule has 0 heterocycles. The number of carbonyl (C=O) groups is 1. The second-order valence-corrected chi connectivity index (χ2v) is 8.19. The monoisotopic (exact) mass is 430 g/mol. The Morgan fingerprint density at radius 2 is 1.97 bits per heavy atom. The molecule has 2 N–H and O–H groups in total. The van der Waals surface area contributed by atoms with Gasteiger partial charge in [-0.25, -0.2) is 8.42 Å². The molecule has 0 spiro atoms.